The van der Waals surface area contributed by atoms with Crippen LogP contribution in [0.5, 0.6) is 0 Å². The first-order valence-corrected chi connectivity index (χ1v) is 6.25. The van der Waals surface area contributed by atoms with Crippen molar-refractivity contribution in [1.29, 1.82) is 0 Å². The van der Waals surface area contributed by atoms with Gasteiger partial charge in [0.2, 0.25) is 0 Å². The van der Waals surface area contributed by atoms with Gasteiger partial charge < -0.3 is 10.6 Å². The molecule has 0 unspecified atom stereocenters. The Bertz CT molecular complexity index is 413. The molecule has 2 nitrogen and oxygen atoms in total. The minimum atomic E-state index is -0.158. The zero-order chi connectivity index (χ0) is 12.6. The Labute approximate surface area is 103 Å². The van der Waals surface area contributed by atoms with E-state index >= 15 is 0 Å². The molecule has 1 heterocycles. The van der Waals surface area contributed by atoms with E-state index < -0.39 is 0 Å². The molecule has 3 heteroatoms. The molecule has 2 N–H and O–H groups in total. The Balaban J connectivity index is 2.50. The SMILES string of the molecule is C[C@H](N)c1cccc(F)c1N1CCCC1(C)C. The molecule has 1 aliphatic heterocycles. The van der Waals surface area contributed by atoms with E-state index in [0.717, 1.165) is 24.9 Å². The van der Waals surface area contributed by atoms with E-state index in [1.165, 1.54) is 6.07 Å². The predicted octanol–water partition coefficient (Wildman–Crippen LogP) is 3.22. The molecule has 1 fully saturated rings. The van der Waals surface area contributed by atoms with Crippen LogP contribution < -0.4 is 10.6 Å². The summed E-state index contributed by atoms with van der Waals surface area (Å²) in [6.45, 7) is 7.14. The summed E-state index contributed by atoms with van der Waals surface area (Å²) in [5, 5.41) is 0. The standard InChI is InChI=1S/C14H21FN2/c1-10(16)11-6-4-7-12(15)13(11)17-9-5-8-14(17,2)3/h4,6-7,10H,5,8-9,16H2,1-3H3/t10-/m0/s1. The van der Waals surface area contributed by atoms with E-state index in [9.17, 15) is 4.39 Å². The molecule has 0 saturated carbocycles. The number of halogens is 1. The second kappa shape index (κ2) is 4.30. The Morgan fingerprint density at radius 1 is 1.41 bits per heavy atom. The molecule has 0 spiro atoms. The van der Waals surface area contributed by atoms with Crippen molar-refractivity contribution in [2.45, 2.75) is 45.2 Å². The van der Waals surface area contributed by atoms with Crippen LogP contribution in [-0.4, -0.2) is 12.1 Å². The van der Waals surface area contributed by atoms with Gasteiger partial charge in [0, 0.05) is 18.1 Å². The number of benzene rings is 1. The largest absolute Gasteiger partial charge is 0.364 e. The van der Waals surface area contributed by atoms with Crippen molar-refractivity contribution in [2.75, 3.05) is 11.4 Å². The van der Waals surface area contributed by atoms with Crippen LogP contribution in [-0.2, 0) is 0 Å². The summed E-state index contributed by atoms with van der Waals surface area (Å²) in [6.07, 6.45) is 2.21. The molecule has 17 heavy (non-hydrogen) atoms. The predicted molar refractivity (Wildman–Crippen MR) is 69.7 cm³/mol. The molecule has 1 aromatic carbocycles. The number of nitrogens with two attached hydrogens (primary N) is 1. The zero-order valence-electron chi connectivity index (χ0n) is 10.8. The van der Waals surface area contributed by atoms with Crippen LogP contribution in [0.15, 0.2) is 18.2 Å². The Hall–Kier alpha value is -1.09. The lowest BCUT2D eigenvalue weighted by molar-refractivity contribution is 0.503. The molecule has 1 atom stereocenters. The number of rotatable bonds is 2. The third-order valence-electron chi connectivity index (χ3n) is 3.68. The number of hydrogen-bond acceptors (Lipinski definition) is 2. The van der Waals surface area contributed by atoms with Crippen molar-refractivity contribution in [1.82, 2.24) is 0 Å². The molecule has 0 radical (unpaired) electrons. The summed E-state index contributed by atoms with van der Waals surface area (Å²) < 4.78 is 14.1. The fourth-order valence-corrected chi connectivity index (χ4v) is 2.71. The van der Waals surface area contributed by atoms with Gasteiger partial charge in [-0.1, -0.05) is 12.1 Å². The van der Waals surface area contributed by atoms with Crippen LogP contribution in [0, 0.1) is 5.82 Å². The van der Waals surface area contributed by atoms with Crippen LogP contribution in [0.1, 0.15) is 45.2 Å². The molecular weight excluding hydrogens is 215 g/mol. The topological polar surface area (TPSA) is 29.3 Å². The molecule has 94 valence electrons. The number of hydrogen-bond donors (Lipinski definition) is 1. The maximum absolute atomic E-state index is 14.1. The lowest BCUT2D eigenvalue weighted by Crippen LogP contribution is -2.39. The smallest absolute Gasteiger partial charge is 0.146 e. The second-order valence-corrected chi connectivity index (χ2v) is 5.53. The zero-order valence-corrected chi connectivity index (χ0v) is 10.8. The van der Waals surface area contributed by atoms with E-state index in [4.69, 9.17) is 5.73 Å². The maximum Gasteiger partial charge on any atom is 0.146 e. The summed E-state index contributed by atoms with van der Waals surface area (Å²) in [5.41, 5.74) is 7.57. The van der Waals surface area contributed by atoms with Crippen molar-refractivity contribution in [3.05, 3.63) is 29.6 Å². The minimum absolute atomic E-state index is 0.0197. The van der Waals surface area contributed by atoms with Crippen LogP contribution in [0.3, 0.4) is 0 Å². The molecule has 0 aliphatic carbocycles. The van der Waals surface area contributed by atoms with Crippen molar-refractivity contribution < 1.29 is 4.39 Å². The highest BCUT2D eigenvalue weighted by molar-refractivity contribution is 5.58. The average Bonchev–Trinajstić information content (AvgIpc) is 2.57. The van der Waals surface area contributed by atoms with Gasteiger partial charge in [0.1, 0.15) is 5.82 Å². The highest BCUT2D eigenvalue weighted by Gasteiger charge is 2.34. The Kier molecular flexibility index (Phi) is 3.13. The minimum Gasteiger partial charge on any atom is -0.364 e. The van der Waals surface area contributed by atoms with Gasteiger partial charge >= 0.3 is 0 Å². The quantitative estimate of drug-likeness (QED) is 0.854. The van der Waals surface area contributed by atoms with Gasteiger partial charge in [0.25, 0.3) is 0 Å². The first kappa shape index (κ1) is 12.4. The van der Waals surface area contributed by atoms with E-state index in [-0.39, 0.29) is 17.4 Å². The third kappa shape index (κ3) is 2.16. The van der Waals surface area contributed by atoms with Crippen molar-refractivity contribution in [3.8, 4) is 0 Å². The summed E-state index contributed by atoms with van der Waals surface area (Å²) in [7, 11) is 0. The Morgan fingerprint density at radius 3 is 2.65 bits per heavy atom. The van der Waals surface area contributed by atoms with Gasteiger partial charge in [-0.2, -0.15) is 0 Å². The van der Waals surface area contributed by atoms with Gasteiger partial charge in [-0.05, 0) is 45.2 Å². The van der Waals surface area contributed by atoms with E-state index in [2.05, 4.69) is 18.7 Å². The molecule has 2 rings (SSSR count). The van der Waals surface area contributed by atoms with Crippen molar-refractivity contribution >= 4 is 5.69 Å². The number of anilines is 1. The van der Waals surface area contributed by atoms with Crippen molar-refractivity contribution in [2.24, 2.45) is 5.73 Å². The normalized spacial score (nSPS) is 20.6. The van der Waals surface area contributed by atoms with Crippen molar-refractivity contribution in [3.63, 3.8) is 0 Å². The first-order valence-electron chi connectivity index (χ1n) is 6.25. The third-order valence-corrected chi connectivity index (χ3v) is 3.68. The van der Waals surface area contributed by atoms with Gasteiger partial charge in [0.15, 0.2) is 0 Å². The average molecular weight is 236 g/mol. The van der Waals surface area contributed by atoms with Gasteiger partial charge in [-0.25, -0.2) is 4.39 Å². The van der Waals surface area contributed by atoms with Crippen LogP contribution >= 0.6 is 0 Å². The molecule has 1 saturated heterocycles. The molecule has 1 aliphatic rings. The fraction of sp³-hybridized carbons (Fsp3) is 0.571. The van der Waals surface area contributed by atoms with Gasteiger partial charge in [-0.3, -0.25) is 0 Å². The summed E-state index contributed by atoms with van der Waals surface area (Å²) in [6, 6.07) is 5.05. The van der Waals surface area contributed by atoms with Crippen LogP contribution in [0.25, 0.3) is 0 Å². The van der Waals surface area contributed by atoms with Crippen LogP contribution in [0.4, 0.5) is 10.1 Å². The summed E-state index contributed by atoms with van der Waals surface area (Å²) in [5.74, 6) is -0.158. The maximum atomic E-state index is 14.1. The number of para-hydroxylation sites is 1. The molecule has 0 aromatic heterocycles. The lowest BCUT2D eigenvalue weighted by atomic mass is 9.99. The first-order chi connectivity index (χ1) is 7.93. The molecule has 0 amide bonds. The van der Waals surface area contributed by atoms with Gasteiger partial charge in [0.05, 0.1) is 5.69 Å². The highest BCUT2D eigenvalue weighted by Crippen LogP contribution is 2.38. The number of nitrogens with zero attached hydrogens (tertiary/aromatic N) is 1. The summed E-state index contributed by atoms with van der Waals surface area (Å²) in [4.78, 5) is 2.17. The molecule has 0 bridgehead atoms. The van der Waals surface area contributed by atoms with Crippen LogP contribution in [0.2, 0.25) is 0 Å². The lowest BCUT2D eigenvalue weighted by Gasteiger charge is -2.36. The van der Waals surface area contributed by atoms with E-state index in [0.29, 0.717) is 5.69 Å². The molecule has 1 aromatic rings. The summed E-state index contributed by atoms with van der Waals surface area (Å²) >= 11 is 0. The van der Waals surface area contributed by atoms with Gasteiger partial charge in [-0.15, -0.1) is 0 Å². The second-order valence-electron chi connectivity index (χ2n) is 5.53. The Morgan fingerprint density at radius 2 is 2.12 bits per heavy atom. The highest BCUT2D eigenvalue weighted by atomic mass is 19.1. The molecular formula is C14H21FN2. The van der Waals surface area contributed by atoms with E-state index in [1.54, 1.807) is 6.07 Å². The fourth-order valence-electron chi connectivity index (χ4n) is 2.71. The van der Waals surface area contributed by atoms with E-state index in [1.807, 2.05) is 13.0 Å². The monoisotopic (exact) mass is 236 g/mol.